The molecule has 0 saturated carbocycles. The molecule has 2 N–H and O–H groups in total. The number of hydrogen-bond acceptors (Lipinski definition) is 4. The van der Waals surface area contributed by atoms with Crippen molar-refractivity contribution >= 4 is 17.5 Å². The van der Waals surface area contributed by atoms with Crippen molar-refractivity contribution in [3.8, 4) is 5.75 Å². The average Bonchev–Trinajstić information content (AvgIpc) is 2.70. The summed E-state index contributed by atoms with van der Waals surface area (Å²) in [5, 5.41) is 5.93. The molecule has 0 bridgehead atoms. The minimum Gasteiger partial charge on any atom is -0.497 e. The predicted molar refractivity (Wildman–Crippen MR) is 121 cm³/mol. The van der Waals surface area contributed by atoms with E-state index in [1.54, 1.807) is 26.0 Å². The number of carbonyl (C=O) groups excluding carboxylic acids is 2. The Bertz CT molecular complexity index is 855. The van der Waals surface area contributed by atoms with Crippen LogP contribution in [0.15, 0.2) is 36.4 Å². The lowest BCUT2D eigenvalue weighted by atomic mass is 10.1. The van der Waals surface area contributed by atoms with Gasteiger partial charge in [-0.3, -0.25) is 14.5 Å². The fourth-order valence-corrected chi connectivity index (χ4v) is 3.39. The Morgan fingerprint density at radius 1 is 1.07 bits per heavy atom. The number of anilines is 1. The van der Waals surface area contributed by atoms with Crippen LogP contribution in [0.25, 0.3) is 0 Å². The van der Waals surface area contributed by atoms with Gasteiger partial charge >= 0.3 is 0 Å². The number of hydrogen-bond donors (Lipinski definition) is 2. The fourth-order valence-electron chi connectivity index (χ4n) is 3.39. The minimum atomic E-state index is -0.410. The van der Waals surface area contributed by atoms with Crippen LogP contribution in [0.2, 0.25) is 0 Å². The second kappa shape index (κ2) is 10.8. The number of aryl methyl sites for hydroxylation is 3. The van der Waals surface area contributed by atoms with Gasteiger partial charge in [0.25, 0.3) is 0 Å². The van der Waals surface area contributed by atoms with Crippen LogP contribution < -0.4 is 15.4 Å². The number of methoxy groups -OCH3 is 1. The summed E-state index contributed by atoms with van der Waals surface area (Å²) >= 11 is 0. The zero-order valence-corrected chi connectivity index (χ0v) is 18.8. The maximum atomic E-state index is 12.5. The molecule has 0 fully saturated rings. The quantitative estimate of drug-likeness (QED) is 0.665. The SMILES string of the molecule is COc1ccc(CCNC(=O)C(C)N(C)CC(=O)Nc2c(C)cc(C)cc2C)cc1. The first-order valence-corrected chi connectivity index (χ1v) is 10.2. The van der Waals surface area contributed by atoms with E-state index in [2.05, 4.69) is 10.6 Å². The maximum Gasteiger partial charge on any atom is 0.238 e. The molecular weight excluding hydrogens is 378 g/mol. The smallest absolute Gasteiger partial charge is 0.238 e. The maximum absolute atomic E-state index is 12.5. The first-order chi connectivity index (χ1) is 14.2. The molecule has 2 amide bonds. The zero-order valence-electron chi connectivity index (χ0n) is 18.8. The van der Waals surface area contributed by atoms with Crippen LogP contribution in [0.5, 0.6) is 5.75 Å². The summed E-state index contributed by atoms with van der Waals surface area (Å²) in [6.07, 6.45) is 0.735. The summed E-state index contributed by atoms with van der Waals surface area (Å²) in [6, 6.07) is 11.5. The van der Waals surface area contributed by atoms with Gasteiger partial charge in [-0.15, -0.1) is 0 Å². The molecule has 0 aromatic heterocycles. The van der Waals surface area contributed by atoms with Crippen LogP contribution in [-0.4, -0.2) is 50.0 Å². The molecule has 162 valence electrons. The number of rotatable bonds is 9. The Balaban J connectivity index is 1.81. The number of likely N-dealkylation sites (N-methyl/N-ethyl adjacent to an activating group) is 1. The van der Waals surface area contributed by atoms with Crippen LogP contribution in [0.1, 0.15) is 29.2 Å². The average molecular weight is 412 g/mol. The van der Waals surface area contributed by atoms with Crippen molar-refractivity contribution in [2.75, 3.05) is 32.6 Å². The zero-order chi connectivity index (χ0) is 22.3. The Morgan fingerprint density at radius 3 is 2.23 bits per heavy atom. The molecule has 2 rings (SSSR count). The van der Waals surface area contributed by atoms with Gasteiger partial charge in [-0.05, 0) is 70.0 Å². The van der Waals surface area contributed by atoms with Crippen molar-refractivity contribution in [1.82, 2.24) is 10.2 Å². The third-order valence-electron chi connectivity index (χ3n) is 5.25. The number of amides is 2. The Hall–Kier alpha value is -2.86. The topological polar surface area (TPSA) is 70.7 Å². The lowest BCUT2D eigenvalue weighted by Gasteiger charge is -2.24. The standard InChI is InChI=1S/C24H33N3O3/c1-16-13-17(2)23(18(3)14-16)26-22(28)15-27(5)19(4)24(29)25-12-11-20-7-9-21(30-6)10-8-20/h7-10,13-14,19H,11-12,15H2,1-6H3,(H,25,29)(H,26,28). The van der Waals surface area contributed by atoms with E-state index in [1.165, 1.54) is 5.56 Å². The molecule has 0 aliphatic rings. The van der Waals surface area contributed by atoms with Crippen LogP contribution in [0.4, 0.5) is 5.69 Å². The van der Waals surface area contributed by atoms with Gasteiger partial charge in [-0.2, -0.15) is 0 Å². The van der Waals surface area contributed by atoms with E-state index in [1.807, 2.05) is 57.2 Å². The molecule has 2 aromatic carbocycles. The summed E-state index contributed by atoms with van der Waals surface area (Å²) in [4.78, 5) is 26.7. The summed E-state index contributed by atoms with van der Waals surface area (Å²) in [5.41, 5.74) is 5.21. The molecule has 0 spiro atoms. The van der Waals surface area contributed by atoms with Gasteiger partial charge in [0.15, 0.2) is 0 Å². The van der Waals surface area contributed by atoms with Gasteiger partial charge in [0.1, 0.15) is 5.75 Å². The van der Waals surface area contributed by atoms with E-state index in [0.717, 1.165) is 34.5 Å². The largest absolute Gasteiger partial charge is 0.497 e. The number of ether oxygens (including phenoxy) is 1. The molecule has 6 nitrogen and oxygen atoms in total. The Labute approximate surface area is 179 Å². The lowest BCUT2D eigenvalue weighted by molar-refractivity contribution is -0.126. The molecule has 0 radical (unpaired) electrons. The molecule has 0 saturated heterocycles. The van der Waals surface area contributed by atoms with Gasteiger partial charge in [0, 0.05) is 12.2 Å². The van der Waals surface area contributed by atoms with E-state index in [4.69, 9.17) is 4.74 Å². The van der Waals surface area contributed by atoms with Crippen molar-refractivity contribution < 1.29 is 14.3 Å². The molecule has 0 heterocycles. The van der Waals surface area contributed by atoms with Gasteiger partial charge in [0.2, 0.25) is 11.8 Å². The fraction of sp³-hybridized carbons (Fsp3) is 0.417. The first kappa shape index (κ1) is 23.4. The Kier molecular flexibility index (Phi) is 8.42. The molecule has 6 heteroatoms. The molecule has 30 heavy (non-hydrogen) atoms. The highest BCUT2D eigenvalue weighted by Crippen LogP contribution is 2.21. The monoisotopic (exact) mass is 411 g/mol. The number of nitrogens with zero attached hydrogens (tertiary/aromatic N) is 1. The van der Waals surface area contributed by atoms with Gasteiger partial charge in [-0.25, -0.2) is 0 Å². The van der Waals surface area contributed by atoms with Crippen molar-refractivity contribution in [1.29, 1.82) is 0 Å². The van der Waals surface area contributed by atoms with Crippen molar-refractivity contribution in [2.24, 2.45) is 0 Å². The lowest BCUT2D eigenvalue weighted by Crippen LogP contribution is -2.46. The normalized spacial score (nSPS) is 11.8. The number of benzene rings is 2. The van der Waals surface area contributed by atoms with E-state index in [9.17, 15) is 9.59 Å². The molecule has 0 aliphatic carbocycles. The first-order valence-electron chi connectivity index (χ1n) is 10.2. The summed E-state index contributed by atoms with van der Waals surface area (Å²) < 4.78 is 5.15. The van der Waals surface area contributed by atoms with Crippen LogP contribution in [-0.2, 0) is 16.0 Å². The van der Waals surface area contributed by atoms with Gasteiger partial charge < -0.3 is 15.4 Å². The van der Waals surface area contributed by atoms with E-state index in [0.29, 0.717) is 6.54 Å². The molecule has 1 unspecified atom stereocenters. The second-order valence-corrected chi connectivity index (χ2v) is 7.80. The molecule has 0 aliphatic heterocycles. The summed E-state index contributed by atoms with van der Waals surface area (Å²) in [7, 11) is 3.42. The highest BCUT2D eigenvalue weighted by atomic mass is 16.5. The Morgan fingerprint density at radius 2 is 1.67 bits per heavy atom. The summed E-state index contributed by atoms with van der Waals surface area (Å²) in [6.45, 7) is 8.49. The van der Waals surface area contributed by atoms with Gasteiger partial charge in [0.05, 0.1) is 19.7 Å². The third-order valence-corrected chi connectivity index (χ3v) is 5.25. The van der Waals surface area contributed by atoms with Crippen molar-refractivity contribution in [2.45, 2.75) is 40.2 Å². The number of carbonyl (C=O) groups is 2. The summed E-state index contributed by atoms with van der Waals surface area (Å²) in [5.74, 6) is 0.583. The second-order valence-electron chi connectivity index (χ2n) is 7.80. The van der Waals surface area contributed by atoms with Crippen molar-refractivity contribution in [3.63, 3.8) is 0 Å². The molecular formula is C24H33N3O3. The van der Waals surface area contributed by atoms with E-state index < -0.39 is 6.04 Å². The number of nitrogens with one attached hydrogen (secondary N) is 2. The van der Waals surface area contributed by atoms with E-state index >= 15 is 0 Å². The van der Waals surface area contributed by atoms with E-state index in [-0.39, 0.29) is 18.4 Å². The molecule has 2 aromatic rings. The predicted octanol–water partition coefficient (Wildman–Crippen LogP) is 3.24. The third kappa shape index (κ3) is 6.59. The van der Waals surface area contributed by atoms with Gasteiger partial charge in [-0.1, -0.05) is 29.8 Å². The van der Waals surface area contributed by atoms with Crippen molar-refractivity contribution in [3.05, 3.63) is 58.7 Å². The minimum absolute atomic E-state index is 0.0958. The van der Waals surface area contributed by atoms with Crippen LogP contribution in [0, 0.1) is 20.8 Å². The van der Waals surface area contributed by atoms with Crippen LogP contribution in [0.3, 0.4) is 0 Å². The van der Waals surface area contributed by atoms with Crippen LogP contribution >= 0.6 is 0 Å². The highest BCUT2D eigenvalue weighted by Gasteiger charge is 2.20. The molecule has 1 atom stereocenters. The highest BCUT2D eigenvalue weighted by molar-refractivity contribution is 5.94.